The molecule has 6 nitrogen and oxygen atoms in total. The molecular weight excluding hydrogens is 267 g/mol. The van der Waals surface area contributed by atoms with Crippen LogP contribution in [0.4, 0.5) is 0 Å². The third-order valence-electron chi connectivity index (χ3n) is 2.22. The van der Waals surface area contributed by atoms with Gasteiger partial charge in [-0.2, -0.15) is 0 Å². The predicted molar refractivity (Wildman–Crippen MR) is 52.2 cm³/mol. The van der Waals surface area contributed by atoms with Gasteiger partial charge in [0.15, 0.2) is 0 Å². The molecule has 0 amide bonds. The van der Waals surface area contributed by atoms with Crippen molar-refractivity contribution in [1.29, 1.82) is 0 Å². The monoisotopic (exact) mass is 280 g/mol. The van der Waals surface area contributed by atoms with E-state index in [1.54, 1.807) is 0 Å². The van der Waals surface area contributed by atoms with Crippen LogP contribution in [0.1, 0.15) is 12.8 Å². The molecule has 0 aromatic rings. The first kappa shape index (κ1) is 16.8. The molecule has 0 aromatic carbocycles. The zero-order valence-electron chi connectivity index (χ0n) is 9.25. The summed E-state index contributed by atoms with van der Waals surface area (Å²) in [5.41, 5.74) is 0. The van der Waals surface area contributed by atoms with Gasteiger partial charge in [0.2, 0.25) is 0 Å². The van der Waals surface area contributed by atoms with Crippen molar-refractivity contribution in [1.82, 2.24) is 0 Å². The van der Waals surface area contributed by atoms with E-state index in [0.29, 0.717) is 13.0 Å². The van der Waals surface area contributed by atoms with Crippen LogP contribution in [0.2, 0.25) is 0 Å². The Kier molecular flexibility index (Phi) is 6.44. The molecule has 0 saturated carbocycles. The molecule has 1 aliphatic heterocycles. The number of hydrogen-bond donors (Lipinski definition) is 0. The molecule has 0 spiro atoms. The summed E-state index contributed by atoms with van der Waals surface area (Å²) in [4.78, 5) is 0. The predicted octanol–water partition coefficient (Wildman–Crippen LogP) is -3.87. The van der Waals surface area contributed by atoms with Crippen molar-refractivity contribution in [2.45, 2.75) is 24.2 Å². The van der Waals surface area contributed by atoms with E-state index in [0.717, 1.165) is 6.26 Å². The average Bonchev–Trinajstić information content (AvgIpc) is 1.99. The second-order valence-corrected chi connectivity index (χ2v) is 7.45. The Labute approximate surface area is 118 Å². The second-order valence-electron chi connectivity index (χ2n) is 3.68. The van der Waals surface area contributed by atoms with Crippen LogP contribution < -0.4 is 29.6 Å². The second kappa shape index (κ2) is 6.12. The number of hydrogen-bond acceptors (Lipinski definition) is 6. The van der Waals surface area contributed by atoms with Gasteiger partial charge in [-0.15, -0.1) is 0 Å². The summed E-state index contributed by atoms with van der Waals surface area (Å²) < 4.78 is 59.6. The molecule has 90 valence electrons. The Morgan fingerprint density at radius 1 is 1.31 bits per heavy atom. The summed E-state index contributed by atoms with van der Waals surface area (Å²) in [6.07, 6.45) is 0.606. The quantitative estimate of drug-likeness (QED) is 0.387. The Morgan fingerprint density at radius 3 is 2.31 bits per heavy atom. The van der Waals surface area contributed by atoms with Crippen molar-refractivity contribution in [3.63, 3.8) is 0 Å². The SMILES string of the molecule is CS(=O)(=O)C[C@H]1OCCC[C@@H]1S(=O)(=O)[O-].[Na+]. The Morgan fingerprint density at radius 2 is 1.88 bits per heavy atom. The summed E-state index contributed by atoms with van der Waals surface area (Å²) in [7, 11) is -7.83. The van der Waals surface area contributed by atoms with Gasteiger partial charge in [0.05, 0.1) is 17.1 Å². The first-order valence-electron chi connectivity index (χ1n) is 4.44. The fourth-order valence-corrected chi connectivity index (χ4v) is 3.65. The number of ether oxygens (including phenoxy) is 1. The molecule has 0 radical (unpaired) electrons. The summed E-state index contributed by atoms with van der Waals surface area (Å²) >= 11 is 0. The fraction of sp³-hybridized carbons (Fsp3) is 1.00. The molecule has 1 saturated heterocycles. The third-order valence-corrected chi connectivity index (χ3v) is 4.43. The van der Waals surface area contributed by atoms with Crippen molar-refractivity contribution >= 4 is 20.0 Å². The molecule has 0 aromatic heterocycles. The van der Waals surface area contributed by atoms with Crippen molar-refractivity contribution in [2.75, 3.05) is 18.6 Å². The maximum Gasteiger partial charge on any atom is 1.00 e. The minimum atomic E-state index is -4.49. The van der Waals surface area contributed by atoms with E-state index in [2.05, 4.69) is 0 Å². The summed E-state index contributed by atoms with van der Waals surface area (Å²) in [5, 5.41) is -1.24. The summed E-state index contributed by atoms with van der Waals surface area (Å²) in [5.74, 6) is -0.418. The largest absolute Gasteiger partial charge is 1.00 e. The van der Waals surface area contributed by atoms with E-state index in [1.807, 2.05) is 0 Å². The van der Waals surface area contributed by atoms with Crippen LogP contribution in [0.3, 0.4) is 0 Å². The van der Waals surface area contributed by atoms with Crippen LogP contribution in [0, 0.1) is 0 Å². The molecule has 2 atom stereocenters. The third kappa shape index (κ3) is 5.44. The number of rotatable bonds is 3. The van der Waals surface area contributed by atoms with E-state index in [4.69, 9.17) is 4.74 Å². The molecule has 1 rings (SSSR count). The van der Waals surface area contributed by atoms with E-state index in [-0.39, 0.29) is 36.0 Å². The fourth-order valence-electron chi connectivity index (χ4n) is 1.60. The van der Waals surface area contributed by atoms with Crippen LogP contribution in [-0.4, -0.2) is 51.4 Å². The Hall–Kier alpha value is 0.820. The van der Waals surface area contributed by atoms with Gasteiger partial charge in [-0.05, 0) is 12.8 Å². The van der Waals surface area contributed by atoms with Gasteiger partial charge >= 0.3 is 29.6 Å². The summed E-state index contributed by atoms with van der Waals surface area (Å²) in [6, 6.07) is 0. The van der Waals surface area contributed by atoms with Crippen molar-refractivity contribution in [3.8, 4) is 0 Å². The van der Waals surface area contributed by atoms with Gasteiger partial charge in [0.1, 0.15) is 20.0 Å². The van der Waals surface area contributed by atoms with Gasteiger partial charge < -0.3 is 9.29 Å². The smallest absolute Gasteiger partial charge is 0.748 e. The van der Waals surface area contributed by atoms with Crippen LogP contribution in [-0.2, 0) is 24.7 Å². The topological polar surface area (TPSA) is 101 Å². The average molecular weight is 280 g/mol. The van der Waals surface area contributed by atoms with E-state index >= 15 is 0 Å². The minimum Gasteiger partial charge on any atom is -0.748 e. The van der Waals surface area contributed by atoms with Crippen molar-refractivity contribution in [2.24, 2.45) is 0 Å². The van der Waals surface area contributed by atoms with Crippen LogP contribution in [0.15, 0.2) is 0 Å². The van der Waals surface area contributed by atoms with Gasteiger partial charge in [0.25, 0.3) is 0 Å². The maximum absolute atomic E-state index is 11.0. The van der Waals surface area contributed by atoms with Crippen LogP contribution in [0.25, 0.3) is 0 Å². The van der Waals surface area contributed by atoms with E-state index < -0.39 is 37.1 Å². The molecule has 9 heteroatoms. The normalized spacial score (nSPS) is 27.1. The van der Waals surface area contributed by atoms with Gasteiger partial charge in [-0.1, -0.05) is 0 Å². The summed E-state index contributed by atoms with van der Waals surface area (Å²) in [6.45, 7) is 0.298. The maximum atomic E-state index is 11.0. The standard InChI is InChI=1S/C7H14O6S2.Na/c1-14(8,9)5-6-7(15(10,11)12)3-2-4-13-6;/h6-7H,2-5H2,1H3,(H,10,11,12);/q;+1/p-1/t6-,7+;/m1./s1. The van der Waals surface area contributed by atoms with E-state index in [9.17, 15) is 21.4 Å². The number of sulfone groups is 1. The Balaban J connectivity index is 0.00000225. The van der Waals surface area contributed by atoms with Crippen molar-refractivity contribution < 1.29 is 55.7 Å². The molecule has 0 N–H and O–H groups in total. The molecule has 1 aliphatic rings. The first-order chi connectivity index (χ1) is 6.70. The van der Waals surface area contributed by atoms with Gasteiger partial charge in [0, 0.05) is 12.9 Å². The first-order valence-corrected chi connectivity index (χ1v) is 7.97. The van der Waals surface area contributed by atoms with Crippen LogP contribution >= 0.6 is 0 Å². The molecule has 1 fully saturated rings. The molecular formula is C7H13NaO6S2. The zero-order chi connectivity index (χ0) is 11.7. The van der Waals surface area contributed by atoms with Crippen molar-refractivity contribution in [3.05, 3.63) is 0 Å². The van der Waals surface area contributed by atoms with Gasteiger partial charge in [-0.25, -0.2) is 16.8 Å². The minimum absolute atomic E-state index is 0. The van der Waals surface area contributed by atoms with Gasteiger partial charge in [-0.3, -0.25) is 0 Å². The molecule has 0 bridgehead atoms. The zero-order valence-corrected chi connectivity index (χ0v) is 12.9. The van der Waals surface area contributed by atoms with Crippen LogP contribution in [0.5, 0.6) is 0 Å². The molecule has 0 aliphatic carbocycles. The molecule has 1 heterocycles. The molecule has 0 unspecified atom stereocenters. The molecule has 16 heavy (non-hydrogen) atoms. The Bertz CT molecular complexity index is 414. The van der Waals surface area contributed by atoms with E-state index in [1.165, 1.54) is 0 Å².